The highest BCUT2D eigenvalue weighted by atomic mass is 32.2. The fourth-order valence-electron chi connectivity index (χ4n) is 2.05. The molecule has 0 aromatic heterocycles. The van der Waals surface area contributed by atoms with E-state index < -0.39 is 6.09 Å². The first-order valence-corrected chi connectivity index (χ1v) is 11.2. The van der Waals surface area contributed by atoms with Crippen LogP contribution in [0.2, 0.25) is 0 Å². The molecule has 0 unspecified atom stereocenters. The number of hydrogen-bond donors (Lipinski definition) is 1. The van der Waals surface area contributed by atoms with Crippen LogP contribution in [-0.4, -0.2) is 23.7 Å². The predicted octanol–water partition coefficient (Wildman–Crippen LogP) is 6.68. The largest absolute Gasteiger partial charge is 0.445 e. The van der Waals surface area contributed by atoms with Gasteiger partial charge in [0.2, 0.25) is 0 Å². The standard InChI is InChI=1S/C16H21NO2S2.2C2H6.H2/c17-16(18)19-13(11-20-14-7-3-1-4-8-14)12-21-15-9-5-2-6-10-15;2*1-2;/h3,5,7-10,13H,1-2,4,6,11-12H2,(H2,17,18);2*1-2H3;1H. The van der Waals surface area contributed by atoms with Crippen molar-refractivity contribution in [2.45, 2.75) is 59.5 Å². The Kier molecular flexibility index (Phi) is 15.7. The molecule has 144 valence electrons. The third-order valence-electron chi connectivity index (χ3n) is 3.08. The van der Waals surface area contributed by atoms with Gasteiger partial charge >= 0.3 is 6.09 Å². The molecule has 0 saturated carbocycles. The maximum Gasteiger partial charge on any atom is 0.404 e. The molecule has 0 heterocycles. The van der Waals surface area contributed by atoms with Crippen molar-refractivity contribution in [2.24, 2.45) is 5.73 Å². The van der Waals surface area contributed by atoms with Gasteiger partial charge in [-0.3, -0.25) is 0 Å². The van der Waals surface area contributed by atoms with Gasteiger partial charge < -0.3 is 10.5 Å². The lowest BCUT2D eigenvalue weighted by Crippen LogP contribution is -2.26. The summed E-state index contributed by atoms with van der Waals surface area (Å²) < 4.78 is 5.23. The molecule has 0 fully saturated rings. The highest BCUT2D eigenvalue weighted by Crippen LogP contribution is 2.27. The lowest BCUT2D eigenvalue weighted by molar-refractivity contribution is 0.129. The molecule has 2 aliphatic carbocycles. The number of ether oxygens (including phenoxy) is 1. The molecule has 0 aromatic rings. The number of carbonyl (C=O) groups is 1. The number of rotatable bonds is 7. The molecule has 0 spiro atoms. The fraction of sp³-hybridized carbons (Fsp3) is 0.550. The monoisotopic (exact) mass is 385 g/mol. The first kappa shape index (κ1) is 23.9. The van der Waals surface area contributed by atoms with Crippen LogP contribution in [0.5, 0.6) is 0 Å². The van der Waals surface area contributed by atoms with E-state index >= 15 is 0 Å². The summed E-state index contributed by atoms with van der Waals surface area (Å²) in [6, 6.07) is 0. The van der Waals surface area contributed by atoms with Gasteiger partial charge in [-0.15, -0.1) is 23.5 Å². The number of primary amides is 1. The SMILES string of the molecule is CC.CC.NC(=O)OC(CSC1=CCCC=C1)CSC1=CCCC=C1.[HH]. The van der Waals surface area contributed by atoms with E-state index in [1.807, 2.05) is 27.7 Å². The first-order chi connectivity index (χ1) is 12.2. The van der Waals surface area contributed by atoms with Crippen LogP contribution >= 0.6 is 23.5 Å². The molecule has 0 bridgehead atoms. The molecule has 2 rings (SSSR count). The zero-order chi connectivity index (χ0) is 18.9. The number of allylic oxidation sites excluding steroid dienone is 6. The van der Waals surface area contributed by atoms with Crippen LogP contribution in [0.3, 0.4) is 0 Å². The van der Waals surface area contributed by atoms with Crippen LogP contribution in [0.4, 0.5) is 4.79 Å². The Labute approximate surface area is 163 Å². The summed E-state index contributed by atoms with van der Waals surface area (Å²) in [6.07, 6.45) is 16.6. The first-order valence-electron chi connectivity index (χ1n) is 9.19. The van der Waals surface area contributed by atoms with E-state index in [1.54, 1.807) is 23.5 Å². The van der Waals surface area contributed by atoms with E-state index in [9.17, 15) is 4.79 Å². The molecule has 0 saturated heterocycles. The Balaban J connectivity index is 0. The highest BCUT2D eigenvalue weighted by Gasteiger charge is 2.15. The van der Waals surface area contributed by atoms with Crippen molar-refractivity contribution in [2.75, 3.05) is 11.5 Å². The number of carbonyl (C=O) groups excluding carboxylic acids is 1. The minimum atomic E-state index is -0.692. The minimum absolute atomic E-state index is 0. The molecule has 5 heteroatoms. The lowest BCUT2D eigenvalue weighted by Gasteiger charge is -2.17. The van der Waals surface area contributed by atoms with Gasteiger partial charge in [0, 0.05) is 22.7 Å². The number of nitrogens with two attached hydrogens (primary N) is 1. The molecule has 2 N–H and O–H groups in total. The summed E-state index contributed by atoms with van der Waals surface area (Å²) >= 11 is 3.45. The van der Waals surface area contributed by atoms with Gasteiger partial charge in [-0.2, -0.15) is 0 Å². The molecule has 0 aromatic carbocycles. The Morgan fingerprint density at radius 3 is 1.76 bits per heavy atom. The molecule has 2 aliphatic rings. The zero-order valence-electron chi connectivity index (χ0n) is 16.0. The average Bonchev–Trinajstić information content (AvgIpc) is 2.68. The van der Waals surface area contributed by atoms with Crippen molar-refractivity contribution >= 4 is 29.6 Å². The highest BCUT2D eigenvalue weighted by molar-refractivity contribution is 8.04. The maximum atomic E-state index is 11.0. The summed E-state index contributed by atoms with van der Waals surface area (Å²) in [7, 11) is 0. The van der Waals surface area contributed by atoms with Crippen molar-refractivity contribution in [3.8, 4) is 0 Å². The number of hydrogen-bond acceptors (Lipinski definition) is 4. The lowest BCUT2D eigenvalue weighted by atomic mass is 10.2. The predicted molar refractivity (Wildman–Crippen MR) is 117 cm³/mol. The Morgan fingerprint density at radius 2 is 1.44 bits per heavy atom. The second-order valence-corrected chi connectivity index (χ2v) is 7.04. The van der Waals surface area contributed by atoms with Crippen LogP contribution in [0.1, 0.15) is 54.8 Å². The molecular weight excluding hydrogens is 350 g/mol. The topological polar surface area (TPSA) is 52.3 Å². The van der Waals surface area contributed by atoms with E-state index in [1.165, 1.54) is 9.81 Å². The van der Waals surface area contributed by atoms with Crippen molar-refractivity contribution in [3.63, 3.8) is 0 Å². The second-order valence-electron chi connectivity index (χ2n) is 4.85. The molecule has 3 nitrogen and oxygen atoms in total. The van der Waals surface area contributed by atoms with Crippen molar-refractivity contribution in [1.29, 1.82) is 0 Å². The normalized spacial score (nSPS) is 15.2. The Morgan fingerprint density at radius 1 is 1.00 bits per heavy atom. The van der Waals surface area contributed by atoms with E-state index in [0.717, 1.165) is 37.2 Å². The average molecular weight is 386 g/mol. The molecule has 0 radical (unpaired) electrons. The zero-order valence-corrected chi connectivity index (χ0v) is 17.6. The summed E-state index contributed by atoms with van der Waals surface area (Å²) in [4.78, 5) is 13.5. The molecule has 0 aliphatic heterocycles. The molecule has 25 heavy (non-hydrogen) atoms. The summed E-state index contributed by atoms with van der Waals surface area (Å²) in [6.45, 7) is 8.00. The fourth-order valence-corrected chi connectivity index (χ4v) is 4.19. The van der Waals surface area contributed by atoms with Crippen molar-refractivity contribution in [1.82, 2.24) is 0 Å². The van der Waals surface area contributed by atoms with Crippen LogP contribution in [0.15, 0.2) is 46.3 Å². The Hall–Kier alpha value is -1.07. The third-order valence-corrected chi connectivity index (χ3v) is 5.43. The van der Waals surface area contributed by atoms with E-state index in [-0.39, 0.29) is 7.53 Å². The smallest absolute Gasteiger partial charge is 0.404 e. The van der Waals surface area contributed by atoms with Crippen molar-refractivity contribution < 1.29 is 11.0 Å². The van der Waals surface area contributed by atoms with Gasteiger partial charge in [0.05, 0.1) is 0 Å². The van der Waals surface area contributed by atoms with Crippen LogP contribution in [0.25, 0.3) is 0 Å². The molecule has 0 atom stereocenters. The van der Waals surface area contributed by atoms with Crippen LogP contribution < -0.4 is 5.73 Å². The molecule has 1 amide bonds. The van der Waals surface area contributed by atoms with Gasteiger partial charge in [0.1, 0.15) is 6.10 Å². The summed E-state index contributed by atoms with van der Waals surface area (Å²) in [5.74, 6) is 1.48. The third kappa shape index (κ3) is 12.0. The second kappa shape index (κ2) is 16.4. The van der Waals surface area contributed by atoms with Gasteiger partial charge in [-0.05, 0) is 25.7 Å². The molecular formula is C20H35NO2S2. The van der Waals surface area contributed by atoms with E-state index in [2.05, 4.69) is 36.5 Å². The quantitative estimate of drug-likeness (QED) is 0.531. The number of thioether (sulfide) groups is 2. The maximum absolute atomic E-state index is 11.0. The Bertz CT molecular complexity index is 452. The van der Waals surface area contributed by atoms with E-state index in [0.29, 0.717) is 0 Å². The number of amides is 1. The van der Waals surface area contributed by atoms with Gasteiger partial charge in [-0.1, -0.05) is 64.2 Å². The van der Waals surface area contributed by atoms with E-state index in [4.69, 9.17) is 10.5 Å². The van der Waals surface area contributed by atoms with Crippen LogP contribution in [-0.2, 0) is 4.74 Å². The summed E-state index contributed by atoms with van der Waals surface area (Å²) in [5, 5.41) is 0. The van der Waals surface area contributed by atoms with Gasteiger partial charge in [-0.25, -0.2) is 4.79 Å². The van der Waals surface area contributed by atoms with Gasteiger partial charge in [0.25, 0.3) is 0 Å². The summed E-state index contributed by atoms with van der Waals surface area (Å²) in [5.41, 5.74) is 5.17. The van der Waals surface area contributed by atoms with Crippen LogP contribution in [0, 0.1) is 0 Å². The minimum Gasteiger partial charge on any atom is -0.445 e. The van der Waals surface area contributed by atoms with Gasteiger partial charge in [0.15, 0.2) is 0 Å². The van der Waals surface area contributed by atoms with Crippen molar-refractivity contribution in [3.05, 3.63) is 46.3 Å².